The molecule has 0 aromatic heterocycles. The number of halogens is 5. The number of unbranched alkanes of at least 4 members (excludes halogenated alkanes) is 2. The number of rotatable bonds is 8. The second kappa shape index (κ2) is 10.0. The van der Waals surface area contributed by atoms with Gasteiger partial charge in [0.25, 0.3) is 0 Å². The van der Waals surface area contributed by atoms with Gasteiger partial charge in [0.2, 0.25) is 0 Å². The van der Waals surface area contributed by atoms with E-state index < -0.39 is 9.38 Å². The van der Waals surface area contributed by atoms with Crippen LogP contribution in [-0.2, 0) is 0 Å². The van der Waals surface area contributed by atoms with Crippen molar-refractivity contribution in [1.82, 2.24) is 0 Å². The fourth-order valence-corrected chi connectivity index (χ4v) is 5.18. The zero-order chi connectivity index (χ0) is 17.5. The molecule has 1 rings (SSSR count). The van der Waals surface area contributed by atoms with Crippen molar-refractivity contribution in [3.63, 3.8) is 0 Å². The third-order valence-corrected chi connectivity index (χ3v) is 6.76. The topological polar surface area (TPSA) is 9.23 Å². The summed E-state index contributed by atoms with van der Waals surface area (Å²) < 4.78 is 4.62. The lowest BCUT2D eigenvalue weighted by Crippen LogP contribution is -2.07. The van der Waals surface area contributed by atoms with E-state index in [-0.39, 0.29) is 6.10 Å². The Morgan fingerprint density at radius 1 is 1.09 bits per heavy atom. The molecule has 23 heavy (non-hydrogen) atoms. The van der Waals surface area contributed by atoms with E-state index in [1.807, 2.05) is 43.9 Å². The largest absolute Gasteiger partial charge is 0.490 e. The van der Waals surface area contributed by atoms with Gasteiger partial charge in [0, 0.05) is 5.56 Å². The Morgan fingerprint density at radius 2 is 1.74 bits per heavy atom. The van der Waals surface area contributed by atoms with Gasteiger partial charge in [-0.05, 0) is 51.1 Å². The van der Waals surface area contributed by atoms with Crippen LogP contribution in [0.1, 0.15) is 45.1 Å². The Balaban J connectivity index is 2.63. The molecule has 0 radical (unpaired) electrons. The lowest BCUT2D eigenvalue weighted by atomic mass is 10.2. The van der Waals surface area contributed by atoms with Crippen LogP contribution in [0.4, 0.5) is 0 Å². The second-order valence-electron chi connectivity index (χ2n) is 5.66. The first-order valence-corrected chi connectivity index (χ1v) is 12.5. The standard InChI is InChI=1S/C16H22Cl5OP/c1-13(2)22-15-9-5-4-8-14(15)12-23(20,21)11-7-3-6-10-16(17,18)19/h4-5,8-9,12-13H,3,6-7,10-11H2,1-2H3. The average molecular weight is 439 g/mol. The molecule has 7 heteroatoms. The third kappa shape index (κ3) is 10.4. The van der Waals surface area contributed by atoms with Crippen molar-refractivity contribution in [2.75, 3.05) is 6.16 Å². The molecule has 0 aliphatic rings. The summed E-state index contributed by atoms with van der Waals surface area (Å²) in [5, 5.41) is 0. The predicted molar refractivity (Wildman–Crippen MR) is 110 cm³/mol. The fourth-order valence-electron chi connectivity index (χ4n) is 2.04. The molecule has 0 N–H and O–H groups in total. The van der Waals surface area contributed by atoms with E-state index in [9.17, 15) is 0 Å². The van der Waals surface area contributed by atoms with Crippen LogP contribution in [0.2, 0.25) is 0 Å². The molecule has 0 bridgehead atoms. The number of alkyl halides is 3. The number of hydrogen-bond acceptors (Lipinski definition) is 1. The second-order valence-corrected chi connectivity index (χ2v) is 14.4. The zero-order valence-corrected chi connectivity index (χ0v) is 17.9. The maximum Gasteiger partial charge on any atom is 0.190 e. The smallest absolute Gasteiger partial charge is 0.190 e. The van der Waals surface area contributed by atoms with E-state index in [4.69, 9.17) is 62.0 Å². The van der Waals surface area contributed by atoms with Crippen molar-refractivity contribution in [1.29, 1.82) is 0 Å². The van der Waals surface area contributed by atoms with Gasteiger partial charge in [-0.15, -0.1) is 0 Å². The van der Waals surface area contributed by atoms with Gasteiger partial charge in [-0.1, -0.05) is 81.9 Å². The highest BCUT2D eigenvalue weighted by Crippen LogP contribution is 2.59. The molecule has 1 nitrogen and oxygen atoms in total. The van der Waals surface area contributed by atoms with Crippen LogP contribution in [0, 0.1) is 0 Å². The average Bonchev–Trinajstić information content (AvgIpc) is 2.38. The first-order chi connectivity index (χ1) is 10.6. The lowest BCUT2D eigenvalue weighted by molar-refractivity contribution is 0.242. The van der Waals surface area contributed by atoms with Crippen LogP contribution in [0.5, 0.6) is 5.75 Å². The highest BCUT2D eigenvalue weighted by atomic mass is 35.9. The molecule has 132 valence electrons. The summed E-state index contributed by atoms with van der Waals surface area (Å²) in [6, 6.07) is 7.79. The SMILES string of the molecule is CC(C)Oc1ccccc1C=P(Cl)(Cl)CCCCCC(Cl)(Cl)Cl. The molecule has 0 atom stereocenters. The van der Waals surface area contributed by atoms with Gasteiger partial charge in [-0.3, -0.25) is 0 Å². The van der Waals surface area contributed by atoms with Crippen LogP contribution in [0.25, 0.3) is 0 Å². The van der Waals surface area contributed by atoms with E-state index in [2.05, 4.69) is 0 Å². The molecular weight excluding hydrogens is 416 g/mol. The first kappa shape index (κ1) is 21.8. The van der Waals surface area contributed by atoms with E-state index in [1.165, 1.54) is 0 Å². The quantitative estimate of drug-likeness (QED) is 0.228. The van der Waals surface area contributed by atoms with Crippen LogP contribution < -0.4 is 4.74 Å². The van der Waals surface area contributed by atoms with Gasteiger partial charge < -0.3 is 4.74 Å². The van der Waals surface area contributed by atoms with E-state index in [0.717, 1.165) is 36.7 Å². The van der Waals surface area contributed by atoms with Crippen molar-refractivity contribution in [2.45, 2.75) is 49.4 Å². The summed E-state index contributed by atoms with van der Waals surface area (Å²) in [6.07, 6.45) is 4.08. The van der Waals surface area contributed by atoms with Gasteiger partial charge in [-0.25, -0.2) is 0 Å². The third-order valence-electron chi connectivity index (χ3n) is 3.03. The maximum absolute atomic E-state index is 6.54. The van der Waals surface area contributed by atoms with E-state index in [1.54, 1.807) is 0 Å². The molecule has 1 aromatic rings. The fraction of sp³-hybridized carbons (Fsp3) is 0.562. The van der Waals surface area contributed by atoms with Crippen molar-refractivity contribution in [2.24, 2.45) is 0 Å². The summed E-state index contributed by atoms with van der Waals surface area (Å²) in [4.78, 5) is 0. The van der Waals surface area contributed by atoms with E-state index in [0.29, 0.717) is 6.42 Å². The Kier molecular flexibility index (Phi) is 9.53. The monoisotopic (exact) mass is 436 g/mol. The number of hydrogen-bond donors (Lipinski definition) is 0. The molecule has 0 saturated heterocycles. The maximum atomic E-state index is 6.54. The minimum absolute atomic E-state index is 0.102. The zero-order valence-electron chi connectivity index (χ0n) is 13.2. The Morgan fingerprint density at radius 3 is 2.35 bits per heavy atom. The highest BCUT2D eigenvalue weighted by Gasteiger charge is 2.18. The minimum atomic E-state index is -2.18. The Hall–Kier alpha value is 0.770. The lowest BCUT2D eigenvalue weighted by Gasteiger charge is -2.15. The van der Waals surface area contributed by atoms with Crippen molar-refractivity contribution in [3.8, 4) is 5.75 Å². The van der Waals surface area contributed by atoms with Gasteiger partial charge in [0.1, 0.15) is 5.75 Å². The van der Waals surface area contributed by atoms with Crippen LogP contribution in [0.3, 0.4) is 0 Å². The number of benzene rings is 1. The summed E-state index contributed by atoms with van der Waals surface area (Å²) in [7, 11) is 0. The van der Waals surface area contributed by atoms with Crippen LogP contribution in [0.15, 0.2) is 24.3 Å². The Labute approximate surface area is 164 Å². The number of ether oxygens (including phenoxy) is 1. The molecule has 0 heterocycles. The van der Waals surface area contributed by atoms with Crippen LogP contribution in [-0.4, -0.2) is 21.9 Å². The molecule has 0 spiro atoms. The molecule has 0 saturated carbocycles. The van der Waals surface area contributed by atoms with Gasteiger partial charge in [0.05, 0.1) is 11.7 Å². The normalized spacial score (nSPS) is 12.5. The van der Waals surface area contributed by atoms with Gasteiger partial charge in [-0.2, -0.15) is 0 Å². The molecule has 0 amide bonds. The molecule has 0 aliphatic carbocycles. The highest BCUT2D eigenvalue weighted by molar-refractivity contribution is 8.15. The summed E-state index contributed by atoms with van der Waals surface area (Å²) >= 11 is 30.3. The summed E-state index contributed by atoms with van der Waals surface area (Å²) in [6.45, 7) is 3.98. The van der Waals surface area contributed by atoms with Crippen molar-refractivity contribution in [3.05, 3.63) is 29.8 Å². The summed E-state index contributed by atoms with van der Waals surface area (Å²) in [5.74, 6) is 2.76. The van der Waals surface area contributed by atoms with Gasteiger partial charge in [0.15, 0.2) is 3.79 Å². The van der Waals surface area contributed by atoms with E-state index >= 15 is 0 Å². The predicted octanol–water partition coefficient (Wildman–Crippen LogP) is 7.88. The molecule has 0 fully saturated rings. The van der Waals surface area contributed by atoms with Crippen molar-refractivity contribution < 1.29 is 4.74 Å². The molecular formula is C16H22Cl5OP. The summed E-state index contributed by atoms with van der Waals surface area (Å²) in [5.41, 5.74) is -1.23. The van der Waals surface area contributed by atoms with Crippen LogP contribution >= 0.6 is 62.9 Å². The first-order valence-electron chi connectivity index (χ1n) is 7.54. The molecule has 0 aliphatic heterocycles. The number of para-hydroxylation sites is 1. The van der Waals surface area contributed by atoms with Gasteiger partial charge >= 0.3 is 0 Å². The minimum Gasteiger partial charge on any atom is -0.490 e. The van der Waals surface area contributed by atoms with Crippen molar-refractivity contribution >= 4 is 68.7 Å². The molecule has 0 unspecified atom stereocenters. The molecule has 1 aromatic carbocycles. The Bertz CT molecular complexity index is 534.